The van der Waals surface area contributed by atoms with Gasteiger partial charge in [0, 0.05) is 23.6 Å². The summed E-state index contributed by atoms with van der Waals surface area (Å²) in [4.78, 5) is 25.8. The van der Waals surface area contributed by atoms with Crippen molar-refractivity contribution in [2.75, 3.05) is 10.6 Å². The lowest BCUT2D eigenvalue weighted by Crippen LogP contribution is -2.15. The van der Waals surface area contributed by atoms with Crippen LogP contribution in [-0.2, 0) is 6.54 Å². The van der Waals surface area contributed by atoms with E-state index >= 15 is 0 Å². The molecule has 7 heteroatoms. The second-order valence-corrected chi connectivity index (χ2v) is 8.63. The number of hydrogen-bond donors (Lipinski definition) is 2. The van der Waals surface area contributed by atoms with Crippen LogP contribution < -0.4 is 10.6 Å². The Bertz CT molecular complexity index is 1140. The summed E-state index contributed by atoms with van der Waals surface area (Å²) in [5.41, 5.74) is 5.98. The van der Waals surface area contributed by atoms with E-state index < -0.39 is 0 Å². The molecule has 0 fully saturated rings. The molecule has 0 radical (unpaired) electrons. The molecule has 0 unspecified atom stereocenters. The molecule has 0 atom stereocenters. The highest BCUT2D eigenvalue weighted by atomic mass is 35.5. The molecule has 0 spiro atoms. The Morgan fingerprint density at radius 1 is 1.09 bits per heavy atom. The second kappa shape index (κ2) is 11.1. The summed E-state index contributed by atoms with van der Waals surface area (Å²) in [7, 11) is 0. The largest absolute Gasteiger partial charge is 0.364 e. The van der Waals surface area contributed by atoms with Crippen LogP contribution in [0.25, 0.3) is 5.57 Å². The van der Waals surface area contributed by atoms with Crippen LogP contribution >= 0.6 is 11.6 Å². The van der Waals surface area contributed by atoms with E-state index in [9.17, 15) is 4.79 Å². The van der Waals surface area contributed by atoms with Gasteiger partial charge in [-0.1, -0.05) is 50.1 Å². The number of amides is 1. The lowest BCUT2D eigenvalue weighted by atomic mass is 9.99. The highest BCUT2D eigenvalue weighted by Crippen LogP contribution is 2.35. The summed E-state index contributed by atoms with van der Waals surface area (Å²) in [5.74, 6) is 0.743. The van der Waals surface area contributed by atoms with Crippen LogP contribution in [0.3, 0.4) is 0 Å². The highest BCUT2D eigenvalue weighted by Gasteiger charge is 2.20. The molecule has 0 aliphatic carbocycles. The zero-order chi connectivity index (χ0) is 24.0. The smallest absolute Gasteiger partial charge is 0.258 e. The molecule has 2 aromatic heterocycles. The van der Waals surface area contributed by atoms with Crippen LogP contribution in [-0.4, -0.2) is 20.9 Å². The van der Waals surface area contributed by atoms with Crippen LogP contribution in [0.15, 0.2) is 54.6 Å². The first-order chi connectivity index (χ1) is 15.8. The molecule has 3 rings (SSSR count). The number of carbonyl (C=O) groups is 1. The average molecular weight is 464 g/mol. The summed E-state index contributed by atoms with van der Waals surface area (Å²) >= 11 is 6.82. The number of allylic oxidation sites excluding steroid dienone is 2. The third kappa shape index (κ3) is 5.96. The molecule has 6 nitrogen and oxygen atoms in total. The van der Waals surface area contributed by atoms with Crippen molar-refractivity contribution in [2.24, 2.45) is 0 Å². The number of rotatable bonds is 8. The maximum atomic E-state index is 13.1. The van der Waals surface area contributed by atoms with E-state index in [4.69, 9.17) is 11.6 Å². The van der Waals surface area contributed by atoms with E-state index in [1.54, 1.807) is 6.20 Å². The van der Waals surface area contributed by atoms with Crippen LogP contribution in [0.2, 0.25) is 5.02 Å². The van der Waals surface area contributed by atoms with Crippen molar-refractivity contribution >= 4 is 34.6 Å². The van der Waals surface area contributed by atoms with Crippen LogP contribution in [0.5, 0.6) is 0 Å². The number of carbonyl (C=O) groups excluding carboxylic acids is 1. The zero-order valence-electron chi connectivity index (χ0n) is 19.7. The van der Waals surface area contributed by atoms with Crippen LogP contribution in [0.1, 0.15) is 74.1 Å². The molecule has 2 heterocycles. The second-order valence-electron chi connectivity index (χ2n) is 8.25. The number of nitrogens with one attached hydrogen (secondary N) is 2. The topological polar surface area (TPSA) is 79.8 Å². The Hall–Kier alpha value is -3.25. The molecule has 33 heavy (non-hydrogen) atoms. The van der Waals surface area contributed by atoms with Crippen molar-refractivity contribution in [3.63, 3.8) is 0 Å². The van der Waals surface area contributed by atoms with E-state index in [0.717, 1.165) is 23.3 Å². The summed E-state index contributed by atoms with van der Waals surface area (Å²) < 4.78 is 0. The van der Waals surface area contributed by atoms with Crippen molar-refractivity contribution < 1.29 is 4.79 Å². The van der Waals surface area contributed by atoms with Gasteiger partial charge >= 0.3 is 0 Å². The van der Waals surface area contributed by atoms with Gasteiger partial charge < -0.3 is 10.6 Å². The van der Waals surface area contributed by atoms with Crippen molar-refractivity contribution in [3.05, 3.63) is 82.0 Å². The van der Waals surface area contributed by atoms with Gasteiger partial charge in [-0.2, -0.15) is 0 Å². The van der Waals surface area contributed by atoms with Gasteiger partial charge in [0.15, 0.2) is 0 Å². The van der Waals surface area contributed by atoms with E-state index in [0.29, 0.717) is 34.6 Å². The number of nitrogens with zero attached hydrogens (tertiary/aromatic N) is 3. The van der Waals surface area contributed by atoms with Crippen molar-refractivity contribution in [1.82, 2.24) is 15.0 Å². The van der Waals surface area contributed by atoms with Gasteiger partial charge in [0.1, 0.15) is 12.1 Å². The minimum Gasteiger partial charge on any atom is -0.364 e. The van der Waals surface area contributed by atoms with Gasteiger partial charge in [-0.3, -0.25) is 4.79 Å². The van der Waals surface area contributed by atoms with E-state index in [-0.39, 0.29) is 5.91 Å². The Morgan fingerprint density at radius 3 is 2.42 bits per heavy atom. The Balaban J connectivity index is 1.93. The van der Waals surface area contributed by atoms with Gasteiger partial charge in [-0.05, 0) is 55.5 Å². The SMILES string of the molecule is CCC(C)=C(C)c1c(NCc2ccncn2)ncc(C(=O)Nc2ccc(C(C)C)cc2)c1Cl. The molecule has 0 aliphatic heterocycles. The van der Waals surface area contributed by atoms with Crippen LogP contribution in [0, 0.1) is 0 Å². The molecule has 0 saturated heterocycles. The molecule has 0 aliphatic rings. The van der Waals surface area contributed by atoms with Gasteiger partial charge in [0.2, 0.25) is 0 Å². The Kier molecular flexibility index (Phi) is 8.17. The monoisotopic (exact) mass is 463 g/mol. The molecular formula is C26H30ClN5O. The normalized spacial score (nSPS) is 11.8. The van der Waals surface area contributed by atoms with Crippen LogP contribution in [0.4, 0.5) is 11.5 Å². The summed E-state index contributed by atoms with van der Waals surface area (Å²) in [6, 6.07) is 9.67. The number of halogens is 1. The number of anilines is 2. The third-order valence-corrected chi connectivity index (χ3v) is 6.11. The van der Waals surface area contributed by atoms with Crippen molar-refractivity contribution in [3.8, 4) is 0 Å². The fourth-order valence-corrected chi connectivity index (χ4v) is 3.71. The van der Waals surface area contributed by atoms with E-state index in [2.05, 4.69) is 53.3 Å². The minimum atomic E-state index is -0.296. The van der Waals surface area contributed by atoms with Gasteiger partial charge in [0.25, 0.3) is 5.91 Å². The van der Waals surface area contributed by atoms with Gasteiger partial charge in [-0.25, -0.2) is 15.0 Å². The first-order valence-corrected chi connectivity index (χ1v) is 11.4. The Morgan fingerprint density at radius 2 is 1.82 bits per heavy atom. The maximum Gasteiger partial charge on any atom is 0.258 e. The number of hydrogen-bond acceptors (Lipinski definition) is 5. The summed E-state index contributed by atoms with van der Waals surface area (Å²) in [6.45, 7) is 10.9. The maximum absolute atomic E-state index is 13.1. The molecular weight excluding hydrogens is 434 g/mol. The molecule has 2 N–H and O–H groups in total. The molecule has 1 aromatic carbocycles. The lowest BCUT2D eigenvalue weighted by molar-refractivity contribution is 0.102. The predicted molar refractivity (Wildman–Crippen MR) is 136 cm³/mol. The standard InChI is InChI=1S/C26H30ClN5O/c1-6-17(4)18(5)23-24(27)22(14-30-25(23)29-13-21-11-12-28-15-31-21)26(33)32-20-9-7-19(8-10-20)16(2)3/h7-12,14-16H,6,13H2,1-5H3,(H,29,30)(H,32,33). The minimum absolute atomic E-state index is 0.296. The van der Waals surface area contributed by atoms with Crippen molar-refractivity contribution in [1.29, 1.82) is 0 Å². The van der Waals surface area contributed by atoms with Gasteiger partial charge in [0.05, 0.1) is 22.8 Å². The molecule has 1 amide bonds. The predicted octanol–water partition coefficient (Wildman–Crippen LogP) is 6.72. The number of aromatic nitrogens is 3. The molecule has 3 aromatic rings. The first kappa shape index (κ1) is 24.4. The highest BCUT2D eigenvalue weighted by molar-refractivity contribution is 6.36. The van der Waals surface area contributed by atoms with E-state index in [1.807, 2.05) is 37.3 Å². The first-order valence-electron chi connectivity index (χ1n) is 11.1. The van der Waals surface area contributed by atoms with Crippen molar-refractivity contribution in [2.45, 2.75) is 53.5 Å². The number of benzene rings is 1. The molecule has 0 bridgehead atoms. The van der Waals surface area contributed by atoms with Gasteiger partial charge in [-0.15, -0.1) is 0 Å². The molecule has 0 saturated carbocycles. The fraction of sp³-hybridized carbons (Fsp3) is 0.308. The number of pyridine rings is 1. The molecule has 172 valence electrons. The third-order valence-electron chi connectivity index (χ3n) is 5.72. The zero-order valence-corrected chi connectivity index (χ0v) is 20.5. The summed E-state index contributed by atoms with van der Waals surface area (Å²) in [5, 5.41) is 6.62. The quantitative estimate of drug-likeness (QED) is 0.387. The lowest BCUT2D eigenvalue weighted by Gasteiger charge is -2.17. The fourth-order valence-electron chi connectivity index (χ4n) is 3.35. The summed E-state index contributed by atoms with van der Waals surface area (Å²) in [6.07, 6.45) is 5.58. The Labute approximate surface area is 200 Å². The average Bonchev–Trinajstić information content (AvgIpc) is 2.82. The van der Waals surface area contributed by atoms with E-state index in [1.165, 1.54) is 23.7 Å².